The van der Waals surface area contributed by atoms with E-state index in [1.54, 1.807) is 29.1 Å². The summed E-state index contributed by atoms with van der Waals surface area (Å²) in [7, 11) is 1.81. The minimum Gasteiger partial charge on any atom is -0.342 e. The van der Waals surface area contributed by atoms with Crippen molar-refractivity contribution in [3.05, 3.63) is 40.9 Å². The van der Waals surface area contributed by atoms with E-state index in [0.717, 1.165) is 0 Å². The third-order valence-electron chi connectivity index (χ3n) is 2.86. The molecular formula is C12H15ClN6O. The lowest BCUT2D eigenvalue weighted by Crippen LogP contribution is -2.29. The Morgan fingerprint density at radius 1 is 1.50 bits per heavy atom. The average molecular weight is 295 g/mol. The van der Waals surface area contributed by atoms with Crippen LogP contribution in [0.4, 0.5) is 5.69 Å². The van der Waals surface area contributed by atoms with Gasteiger partial charge in [0.05, 0.1) is 17.3 Å². The van der Waals surface area contributed by atoms with Gasteiger partial charge in [0.15, 0.2) is 5.82 Å². The van der Waals surface area contributed by atoms with Gasteiger partial charge in [-0.25, -0.2) is 0 Å². The number of hydrazine groups is 1. The Labute approximate surface area is 121 Å². The molecule has 0 aliphatic rings. The van der Waals surface area contributed by atoms with Crippen LogP contribution in [0.3, 0.4) is 0 Å². The molecule has 1 aromatic carbocycles. The van der Waals surface area contributed by atoms with Gasteiger partial charge < -0.3 is 15.3 Å². The molecule has 8 heteroatoms. The van der Waals surface area contributed by atoms with Gasteiger partial charge in [0.2, 0.25) is 0 Å². The molecule has 0 saturated heterocycles. The number of rotatable bonds is 4. The molecule has 20 heavy (non-hydrogen) atoms. The second-order valence-corrected chi connectivity index (χ2v) is 4.77. The largest absolute Gasteiger partial charge is 0.342 e. The number of anilines is 1. The molecular weight excluding hydrogens is 280 g/mol. The van der Waals surface area contributed by atoms with E-state index in [4.69, 9.17) is 17.4 Å². The second kappa shape index (κ2) is 5.89. The number of aryl methyl sites for hydroxylation is 1. The Kier molecular flexibility index (Phi) is 4.21. The number of carbonyl (C=O) groups is 1. The van der Waals surface area contributed by atoms with E-state index >= 15 is 0 Å². The van der Waals surface area contributed by atoms with Crippen LogP contribution in [-0.4, -0.2) is 20.7 Å². The predicted molar refractivity (Wildman–Crippen MR) is 76.1 cm³/mol. The third kappa shape index (κ3) is 2.89. The maximum atomic E-state index is 12.3. The first-order chi connectivity index (χ1) is 9.52. The highest BCUT2D eigenvalue weighted by Crippen LogP contribution is 2.20. The molecule has 4 N–H and O–H groups in total. The molecule has 0 spiro atoms. The number of hydrogen-bond acceptors (Lipinski definition) is 5. The van der Waals surface area contributed by atoms with E-state index in [1.165, 1.54) is 0 Å². The lowest BCUT2D eigenvalue weighted by Gasteiger charge is -2.15. The Bertz CT molecular complexity index is 626. The molecule has 1 atom stereocenters. The quantitative estimate of drug-likeness (QED) is 0.582. The predicted octanol–water partition coefficient (Wildman–Crippen LogP) is 1.25. The number of nitrogens with one attached hydrogen (secondary N) is 2. The number of aromatic nitrogens is 3. The molecule has 0 radical (unpaired) electrons. The normalized spacial score (nSPS) is 12.0. The third-order valence-corrected chi connectivity index (χ3v) is 3.10. The fraction of sp³-hybridized carbons (Fsp3) is 0.250. The molecule has 0 bridgehead atoms. The van der Waals surface area contributed by atoms with E-state index in [-0.39, 0.29) is 11.9 Å². The summed E-state index contributed by atoms with van der Waals surface area (Å²) in [5.41, 5.74) is 3.34. The Balaban J connectivity index is 2.20. The molecule has 0 aliphatic heterocycles. The highest BCUT2D eigenvalue weighted by molar-refractivity contribution is 6.31. The van der Waals surface area contributed by atoms with E-state index in [1.807, 2.05) is 14.0 Å². The minimum atomic E-state index is -0.295. The van der Waals surface area contributed by atoms with Crippen LogP contribution < -0.4 is 16.6 Å². The van der Waals surface area contributed by atoms with Crippen LogP contribution in [0, 0.1) is 0 Å². The molecule has 2 aromatic rings. The molecule has 0 saturated carbocycles. The van der Waals surface area contributed by atoms with Crippen molar-refractivity contribution in [2.45, 2.75) is 13.0 Å². The summed E-state index contributed by atoms with van der Waals surface area (Å²) < 4.78 is 1.74. The maximum Gasteiger partial charge on any atom is 0.254 e. The molecule has 106 valence electrons. The molecule has 1 amide bonds. The fourth-order valence-corrected chi connectivity index (χ4v) is 2.03. The first-order valence-corrected chi connectivity index (χ1v) is 6.31. The highest BCUT2D eigenvalue weighted by atomic mass is 35.5. The van der Waals surface area contributed by atoms with E-state index < -0.39 is 0 Å². The van der Waals surface area contributed by atoms with Gasteiger partial charge in [-0.3, -0.25) is 10.6 Å². The number of halogens is 1. The summed E-state index contributed by atoms with van der Waals surface area (Å²) >= 11 is 5.90. The number of benzene rings is 1. The average Bonchev–Trinajstić information content (AvgIpc) is 2.85. The first kappa shape index (κ1) is 14.3. The van der Waals surface area contributed by atoms with Crippen molar-refractivity contribution >= 4 is 23.2 Å². The van der Waals surface area contributed by atoms with Crippen molar-refractivity contribution in [3.63, 3.8) is 0 Å². The Morgan fingerprint density at radius 2 is 2.25 bits per heavy atom. The summed E-state index contributed by atoms with van der Waals surface area (Å²) in [5, 5.41) is 11.0. The van der Waals surface area contributed by atoms with Crippen LogP contribution in [0.25, 0.3) is 0 Å². The number of carbonyl (C=O) groups excluding carboxylic acids is 1. The van der Waals surface area contributed by atoms with Crippen LogP contribution >= 0.6 is 11.6 Å². The zero-order valence-electron chi connectivity index (χ0n) is 11.1. The molecule has 0 fully saturated rings. The smallest absolute Gasteiger partial charge is 0.254 e. The van der Waals surface area contributed by atoms with Crippen LogP contribution in [0.2, 0.25) is 5.02 Å². The number of hydrogen-bond donors (Lipinski definition) is 3. The van der Waals surface area contributed by atoms with Crippen LogP contribution in [0.5, 0.6) is 0 Å². The number of nitrogen functional groups attached to an aromatic ring is 1. The maximum absolute atomic E-state index is 12.3. The van der Waals surface area contributed by atoms with Crippen LogP contribution in [-0.2, 0) is 7.05 Å². The van der Waals surface area contributed by atoms with Gasteiger partial charge in [-0.2, -0.15) is 0 Å². The topological polar surface area (TPSA) is 97.9 Å². The van der Waals surface area contributed by atoms with Crippen molar-refractivity contribution in [1.82, 2.24) is 20.1 Å². The van der Waals surface area contributed by atoms with E-state index in [0.29, 0.717) is 22.1 Å². The zero-order valence-corrected chi connectivity index (χ0v) is 11.8. The Hall–Kier alpha value is -2.12. The van der Waals surface area contributed by atoms with Crippen LogP contribution in [0.15, 0.2) is 24.5 Å². The SMILES string of the molecule is CC(NC(=O)c1cc(Cl)ccc1NN)c1nncn1C. The van der Waals surface area contributed by atoms with Crippen molar-refractivity contribution in [1.29, 1.82) is 0 Å². The van der Waals surface area contributed by atoms with Gasteiger partial charge in [-0.15, -0.1) is 10.2 Å². The van der Waals surface area contributed by atoms with Gasteiger partial charge in [-0.05, 0) is 25.1 Å². The molecule has 1 aromatic heterocycles. The molecule has 7 nitrogen and oxygen atoms in total. The Morgan fingerprint density at radius 3 is 2.85 bits per heavy atom. The minimum absolute atomic E-state index is 0.292. The van der Waals surface area contributed by atoms with Crippen molar-refractivity contribution < 1.29 is 4.79 Å². The summed E-state index contributed by atoms with van der Waals surface area (Å²) in [6.07, 6.45) is 1.57. The monoisotopic (exact) mass is 294 g/mol. The van der Waals surface area contributed by atoms with Crippen molar-refractivity contribution in [2.24, 2.45) is 12.9 Å². The number of nitrogens with two attached hydrogens (primary N) is 1. The van der Waals surface area contributed by atoms with Gasteiger partial charge in [0.25, 0.3) is 5.91 Å². The van der Waals surface area contributed by atoms with Crippen LogP contribution in [0.1, 0.15) is 29.1 Å². The number of nitrogens with zero attached hydrogens (tertiary/aromatic N) is 3. The zero-order chi connectivity index (χ0) is 14.7. The van der Waals surface area contributed by atoms with Gasteiger partial charge >= 0.3 is 0 Å². The molecule has 1 heterocycles. The van der Waals surface area contributed by atoms with Gasteiger partial charge in [-0.1, -0.05) is 11.6 Å². The summed E-state index contributed by atoms with van der Waals surface area (Å²) in [6, 6.07) is 4.55. The lowest BCUT2D eigenvalue weighted by atomic mass is 10.1. The summed E-state index contributed by atoms with van der Waals surface area (Å²) in [6.45, 7) is 1.82. The summed E-state index contributed by atoms with van der Waals surface area (Å²) in [5.74, 6) is 5.75. The van der Waals surface area contributed by atoms with Crippen molar-refractivity contribution in [3.8, 4) is 0 Å². The first-order valence-electron chi connectivity index (χ1n) is 5.94. The van der Waals surface area contributed by atoms with E-state index in [9.17, 15) is 4.79 Å². The molecule has 2 rings (SSSR count). The van der Waals surface area contributed by atoms with Crippen molar-refractivity contribution in [2.75, 3.05) is 5.43 Å². The molecule has 0 aliphatic carbocycles. The van der Waals surface area contributed by atoms with E-state index in [2.05, 4.69) is 20.9 Å². The van der Waals surface area contributed by atoms with Gasteiger partial charge in [0, 0.05) is 12.1 Å². The van der Waals surface area contributed by atoms with Gasteiger partial charge in [0.1, 0.15) is 6.33 Å². The highest BCUT2D eigenvalue weighted by Gasteiger charge is 2.17. The molecule has 1 unspecified atom stereocenters. The lowest BCUT2D eigenvalue weighted by molar-refractivity contribution is 0.0938. The fourth-order valence-electron chi connectivity index (χ4n) is 1.85. The summed E-state index contributed by atoms with van der Waals surface area (Å²) in [4.78, 5) is 12.3. The second-order valence-electron chi connectivity index (χ2n) is 4.33. The standard InChI is InChI=1S/C12H15ClN6O/c1-7(11-18-15-6-19(11)2)16-12(20)9-5-8(13)3-4-10(9)17-14/h3-7,17H,14H2,1-2H3,(H,16,20). The number of amides is 1.